The first-order chi connectivity index (χ1) is 5.77. The second-order valence-corrected chi connectivity index (χ2v) is 2.75. The Balaban J connectivity index is 2.89. The van der Waals surface area contributed by atoms with E-state index in [2.05, 4.69) is 10.3 Å². The summed E-state index contributed by atoms with van der Waals surface area (Å²) in [7, 11) is 3.45. The highest BCUT2D eigenvalue weighted by Crippen LogP contribution is 2.22. The Morgan fingerprint density at radius 2 is 2.42 bits per heavy atom. The van der Waals surface area contributed by atoms with E-state index < -0.39 is 0 Å². The smallest absolute Gasteiger partial charge is 0.140 e. The van der Waals surface area contributed by atoms with E-state index in [0.717, 1.165) is 5.69 Å². The lowest BCUT2D eigenvalue weighted by Gasteiger charge is -2.04. The minimum Gasteiger partial charge on any atom is -0.495 e. The Morgan fingerprint density at radius 3 is 3.00 bits per heavy atom. The Bertz CT molecular complexity index is 265. The molecule has 0 aliphatic carbocycles. The quantitative estimate of drug-likeness (QED) is 0.776. The lowest BCUT2D eigenvalue weighted by Crippen LogP contribution is -2.06. The number of halogens is 1. The predicted molar refractivity (Wildman–Crippen MR) is 48.6 cm³/mol. The van der Waals surface area contributed by atoms with Crippen LogP contribution < -0.4 is 10.1 Å². The van der Waals surface area contributed by atoms with Crippen molar-refractivity contribution in [2.24, 2.45) is 0 Å². The van der Waals surface area contributed by atoms with Crippen molar-refractivity contribution >= 4 is 11.6 Å². The van der Waals surface area contributed by atoms with E-state index in [1.807, 2.05) is 13.1 Å². The summed E-state index contributed by atoms with van der Waals surface area (Å²) in [5.41, 5.74) is 0.916. The third-order valence-electron chi connectivity index (χ3n) is 1.45. The Labute approximate surface area is 76.7 Å². The van der Waals surface area contributed by atoms with Crippen molar-refractivity contribution in [2.45, 2.75) is 6.54 Å². The number of nitrogens with one attached hydrogen (secondary N) is 1. The van der Waals surface area contributed by atoms with Crippen LogP contribution in [0.25, 0.3) is 0 Å². The molecule has 66 valence electrons. The van der Waals surface area contributed by atoms with Crippen LogP contribution in [0.3, 0.4) is 0 Å². The number of hydrogen-bond acceptors (Lipinski definition) is 3. The summed E-state index contributed by atoms with van der Waals surface area (Å²) in [4.78, 5) is 4.10. The van der Waals surface area contributed by atoms with E-state index >= 15 is 0 Å². The van der Waals surface area contributed by atoms with Gasteiger partial charge in [-0.05, 0) is 7.05 Å². The SMILES string of the molecule is CNCc1cc(OC)c(Cl)cn1. The molecule has 0 amide bonds. The van der Waals surface area contributed by atoms with Crippen molar-refractivity contribution in [3.8, 4) is 5.75 Å². The maximum atomic E-state index is 5.79. The van der Waals surface area contributed by atoms with E-state index in [4.69, 9.17) is 16.3 Å². The molecule has 0 unspecified atom stereocenters. The van der Waals surface area contributed by atoms with Crippen molar-refractivity contribution in [3.63, 3.8) is 0 Å². The van der Waals surface area contributed by atoms with Gasteiger partial charge in [0.15, 0.2) is 0 Å². The molecule has 1 aromatic heterocycles. The molecule has 0 saturated heterocycles. The number of rotatable bonds is 3. The molecule has 3 nitrogen and oxygen atoms in total. The van der Waals surface area contributed by atoms with Crippen molar-refractivity contribution in [1.29, 1.82) is 0 Å². The molecule has 0 atom stereocenters. The minimum atomic E-state index is 0.539. The van der Waals surface area contributed by atoms with Crippen LogP contribution >= 0.6 is 11.6 Å². The van der Waals surface area contributed by atoms with Crippen LogP contribution in [0.4, 0.5) is 0 Å². The van der Waals surface area contributed by atoms with Gasteiger partial charge in [0.2, 0.25) is 0 Å². The van der Waals surface area contributed by atoms with Gasteiger partial charge in [0.1, 0.15) is 10.8 Å². The zero-order valence-corrected chi connectivity index (χ0v) is 7.85. The molecule has 0 spiro atoms. The molecule has 12 heavy (non-hydrogen) atoms. The van der Waals surface area contributed by atoms with E-state index in [1.54, 1.807) is 13.3 Å². The zero-order chi connectivity index (χ0) is 8.97. The van der Waals surface area contributed by atoms with Crippen LogP contribution in [-0.2, 0) is 6.54 Å². The fourth-order valence-electron chi connectivity index (χ4n) is 0.895. The predicted octanol–water partition coefficient (Wildman–Crippen LogP) is 1.46. The van der Waals surface area contributed by atoms with Crippen molar-refractivity contribution in [3.05, 3.63) is 23.0 Å². The molecule has 0 radical (unpaired) electrons. The first kappa shape index (κ1) is 9.29. The van der Waals surface area contributed by atoms with E-state index in [9.17, 15) is 0 Å². The first-order valence-electron chi connectivity index (χ1n) is 3.61. The second kappa shape index (κ2) is 4.28. The topological polar surface area (TPSA) is 34.1 Å². The lowest BCUT2D eigenvalue weighted by molar-refractivity contribution is 0.413. The number of hydrogen-bond donors (Lipinski definition) is 1. The number of nitrogens with zero attached hydrogens (tertiary/aromatic N) is 1. The lowest BCUT2D eigenvalue weighted by atomic mass is 10.3. The molecule has 0 aliphatic rings. The molecule has 0 bridgehead atoms. The molecule has 4 heteroatoms. The molecule has 1 aromatic rings. The Hall–Kier alpha value is -0.800. The highest BCUT2D eigenvalue weighted by Gasteiger charge is 2.01. The van der Waals surface area contributed by atoms with Gasteiger partial charge in [-0.2, -0.15) is 0 Å². The van der Waals surface area contributed by atoms with Gasteiger partial charge in [0.25, 0.3) is 0 Å². The van der Waals surface area contributed by atoms with Crippen LogP contribution in [-0.4, -0.2) is 19.1 Å². The minimum absolute atomic E-state index is 0.539. The van der Waals surface area contributed by atoms with E-state index in [-0.39, 0.29) is 0 Å². The van der Waals surface area contributed by atoms with Crippen molar-refractivity contribution in [1.82, 2.24) is 10.3 Å². The summed E-state index contributed by atoms with van der Waals surface area (Å²) in [5.74, 6) is 0.664. The third-order valence-corrected chi connectivity index (χ3v) is 1.74. The average molecular weight is 187 g/mol. The van der Waals surface area contributed by atoms with Crippen LogP contribution in [0.1, 0.15) is 5.69 Å². The van der Waals surface area contributed by atoms with Gasteiger partial charge >= 0.3 is 0 Å². The van der Waals surface area contributed by atoms with Crippen LogP contribution in [0.5, 0.6) is 5.75 Å². The molecule has 0 saturated carbocycles. The summed E-state index contributed by atoms with van der Waals surface area (Å²) >= 11 is 5.79. The van der Waals surface area contributed by atoms with Crippen LogP contribution in [0, 0.1) is 0 Å². The number of pyridine rings is 1. The molecule has 0 aromatic carbocycles. The van der Waals surface area contributed by atoms with Crippen molar-refractivity contribution in [2.75, 3.05) is 14.2 Å². The maximum absolute atomic E-state index is 5.79. The van der Waals surface area contributed by atoms with Gasteiger partial charge in [0.05, 0.1) is 12.8 Å². The van der Waals surface area contributed by atoms with Crippen molar-refractivity contribution < 1.29 is 4.74 Å². The summed E-state index contributed by atoms with van der Waals surface area (Å²) in [6.07, 6.45) is 1.59. The fourth-order valence-corrected chi connectivity index (χ4v) is 1.08. The van der Waals surface area contributed by atoms with Crippen LogP contribution in [0.2, 0.25) is 5.02 Å². The first-order valence-corrected chi connectivity index (χ1v) is 3.98. The van der Waals surface area contributed by atoms with Crippen LogP contribution in [0.15, 0.2) is 12.3 Å². The standard InChI is InChI=1S/C8H11ClN2O/c1-10-4-6-3-8(12-2)7(9)5-11-6/h3,5,10H,4H2,1-2H3. The Kier molecular flexibility index (Phi) is 3.31. The number of ether oxygens (including phenoxy) is 1. The largest absolute Gasteiger partial charge is 0.495 e. The second-order valence-electron chi connectivity index (χ2n) is 2.34. The molecule has 0 aliphatic heterocycles. The number of aromatic nitrogens is 1. The summed E-state index contributed by atoms with van der Waals surface area (Å²) in [6.45, 7) is 0.716. The van der Waals surface area contributed by atoms with Gasteiger partial charge < -0.3 is 10.1 Å². The molecular weight excluding hydrogens is 176 g/mol. The van der Waals surface area contributed by atoms with Gasteiger partial charge in [-0.15, -0.1) is 0 Å². The van der Waals surface area contributed by atoms with E-state index in [0.29, 0.717) is 17.3 Å². The van der Waals surface area contributed by atoms with Gasteiger partial charge in [-0.25, -0.2) is 0 Å². The van der Waals surface area contributed by atoms with Gasteiger partial charge in [-0.1, -0.05) is 11.6 Å². The monoisotopic (exact) mass is 186 g/mol. The highest BCUT2D eigenvalue weighted by atomic mass is 35.5. The molecule has 1 rings (SSSR count). The molecule has 0 fully saturated rings. The third kappa shape index (κ3) is 2.09. The molecular formula is C8H11ClN2O. The normalized spacial score (nSPS) is 9.92. The fraction of sp³-hybridized carbons (Fsp3) is 0.375. The summed E-state index contributed by atoms with van der Waals surface area (Å²) in [5, 5.41) is 3.53. The van der Waals surface area contributed by atoms with Gasteiger partial charge in [-0.3, -0.25) is 4.98 Å². The van der Waals surface area contributed by atoms with E-state index in [1.165, 1.54) is 0 Å². The van der Waals surface area contributed by atoms with Gasteiger partial charge in [0, 0.05) is 18.8 Å². The molecule has 1 heterocycles. The Morgan fingerprint density at radius 1 is 1.67 bits per heavy atom. The highest BCUT2D eigenvalue weighted by molar-refractivity contribution is 6.31. The zero-order valence-electron chi connectivity index (χ0n) is 7.10. The number of methoxy groups -OCH3 is 1. The average Bonchev–Trinajstić information content (AvgIpc) is 2.09. The summed E-state index contributed by atoms with van der Waals surface area (Å²) in [6, 6.07) is 1.82. The summed E-state index contributed by atoms with van der Waals surface area (Å²) < 4.78 is 5.03. The maximum Gasteiger partial charge on any atom is 0.140 e. The molecule has 1 N–H and O–H groups in total.